The highest BCUT2D eigenvalue weighted by molar-refractivity contribution is 5.42. The van der Waals surface area contributed by atoms with Crippen molar-refractivity contribution in [3.05, 3.63) is 29.3 Å². The van der Waals surface area contributed by atoms with Crippen molar-refractivity contribution in [2.24, 2.45) is 17.8 Å². The molecule has 4 nitrogen and oxygen atoms in total. The van der Waals surface area contributed by atoms with Gasteiger partial charge in [0.1, 0.15) is 11.4 Å². The normalized spacial score (nSPS) is 42.0. The predicted octanol–water partition coefficient (Wildman–Crippen LogP) is 3.34. The molecule has 2 saturated carbocycles. The third-order valence-electron chi connectivity index (χ3n) is 7.30. The number of nitriles is 1. The second-order valence-electron chi connectivity index (χ2n) is 8.33. The molecular weight excluding hydrogens is 314 g/mol. The molecule has 3 aliphatic carbocycles. The number of rotatable bonds is 2. The van der Waals surface area contributed by atoms with Gasteiger partial charge < -0.3 is 14.9 Å². The lowest BCUT2D eigenvalue weighted by Crippen LogP contribution is -2.46. The summed E-state index contributed by atoms with van der Waals surface area (Å²) in [5.41, 5.74) is 1.60. The van der Waals surface area contributed by atoms with Gasteiger partial charge >= 0.3 is 0 Å². The first-order valence-corrected chi connectivity index (χ1v) is 9.44. The molecule has 0 spiro atoms. The van der Waals surface area contributed by atoms with Gasteiger partial charge in [0.2, 0.25) is 0 Å². The van der Waals surface area contributed by atoms with Crippen LogP contribution in [0.5, 0.6) is 5.75 Å². The van der Waals surface area contributed by atoms with Crippen LogP contribution in [0.3, 0.4) is 0 Å². The van der Waals surface area contributed by atoms with Gasteiger partial charge in [0.15, 0.2) is 0 Å². The van der Waals surface area contributed by atoms with E-state index < -0.39 is 11.7 Å². The Hall–Kier alpha value is -1.57. The van der Waals surface area contributed by atoms with Crippen LogP contribution in [0.2, 0.25) is 0 Å². The Bertz CT molecular complexity index is 712. The van der Waals surface area contributed by atoms with Crippen LogP contribution in [0.1, 0.15) is 62.0 Å². The quantitative estimate of drug-likeness (QED) is 0.865. The lowest BCUT2D eigenvalue weighted by Gasteiger charge is -2.47. The van der Waals surface area contributed by atoms with Crippen LogP contribution >= 0.6 is 0 Å². The van der Waals surface area contributed by atoms with Crippen molar-refractivity contribution in [3.63, 3.8) is 0 Å². The molecule has 0 radical (unpaired) electrons. The summed E-state index contributed by atoms with van der Waals surface area (Å²) in [5.74, 6) is 2.71. The second-order valence-corrected chi connectivity index (χ2v) is 8.33. The number of aliphatic hydroxyl groups is 2. The first-order chi connectivity index (χ1) is 12.0. The molecule has 0 aliphatic heterocycles. The average molecular weight is 341 g/mol. The molecule has 2 N–H and O–H groups in total. The van der Waals surface area contributed by atoms with E-state index >= 15 is 0 Å². The summed E-state index contributed by atoms with van der Waals surface area (Å²) in [6, 6.07) is 8.55. The number of ether oxygens (including phenoxy) is 1. The lowest BCUT2D eigenvalue weighted by atomic mass is 9.57. The summed E-state index contributed by atoms with van der Waals surface area (Å²) in [4.78, 5) is 0. The molecule has 4 rings (SSSR count). The van der Waals surface area contributed by atoms with Gasteiger partial charge in [-0.25, -0.2) is 0 Å². The van der Waals surface area contributed by atoms with E-state index in [1.54, 1.807) is 7.11 Å². The Kier molecular flexibility index (Phi) is 4.05. The van der Waals surface area contributed by atoms with E-state index in [1.165, 1.54) is 11.1 Å². The first kappa shape index (κ1) is 16.9. The van der Waals surface area contributed by atoms with Crippen molar-refractivity contribution in [1.29, 1.82) is 5.26 Å². The van der Waals surface area contributed by atoms with Crippen molar-refractivity contribution < 1.29 is 14.9 Å². The zero-order valence-electron chi connectivity index (χ0n) is 15.0. The van der Waals surface area contributed by atoms with E-state index in [9.17, 15) is 10.2 Å². The fourth-order valence-corrected chi connectivity index (χ4v) is 6.13. The van der Waals surface area contributed by atoms with Crippen LogP contribution in [0.25, 0.3) is 0 Å². The van der Waals surface area contributed by atoms with Gasteiger partial charge in [-0.2, -0.15) is 5.26 Å². The third-order valence-corrected chi connectivity index (χ3v) is 7.30. The van der Waals surface area contributed by atoms with E-state index in [2.05, 4.69) is 31.2 Å². The largest absolute Gasteiger partial charge is 0.497 e. The van der Waals surface area contributed by atoms with Crippen molar-refractivity contribution >= 4 is 0 Å². The Morgan fingerprint density at radius 1 is 1.24 bits per heavy atom. The minimum absolute atomic E-state index is 0.0378. The molecule has 0 bridgehead atoms. The van der Waals surface area contributed by atoms with Crippen LogP contribution < -0.4 is 4.74 Å². The third kappa shape index (κ3) is 2.40. The lowest BCUT2D eigenvalue weighted by molar-refractivity contribution is -0.0896. The van der Waals surface area contributed by atoms with Gasteiger partial charge in [-0.3, -0.25) is 0 Å². The van der Waals surface area contributed by atoms with Gasteiger partial charge in [0.05, 0.1) is 25.7 Å². The molecule has 3 aliphatic rings. The standard InChI is InChI=1S/C21H27NO3/c1-12-9-17-15(14-4-3-13(25-2)10-16(12)14)5-6-19-18(17)11-20(23)21(19,24)7-8-22/h3-4,10,12,15,17-20,23-24H,5-7,9,11H2,1-2H3. The molecule has 1 aromatic carbocycles. The maximum atomic E-state index is 11.0. The maximum Gasteiger partial charge on any atom is 0.119 e. The van der Waals surface area contributed by atoms with Crippen molar-refractivity contribution in [3.8, 4) is 11.8 Å². The van der Waals surface area contributed by atoms with Crippen LogP contribution in [-0.4, -0.2) is 29.0 Å². The molecule has 134 valence electrons. The number of benzene rings is 1. The maximum absolute atomic E-state index is 11.0. The SMILES string of the molecule is COc1ccc2c(c1)C(C)CC1C2CCC2C1CC(O)C2(O)CC#N. The number of hydrogen-bond donors (Lipinski definition) is 2. The molecular formula is C21H27NO3. The van der Waals surface area contributed by atoms with Crippen molar-refractivity contribution in [1.82, 2.24) is 0 Å². The minimum Gasteiger partial charge on any atom is -0.497 e. The van der Waals surface area contributed by atoms with Crippen LogP contribution in [0, 0.1) is 29.1 Å². The molecule has 7 atom stereocenters. The Labute approximate surface area is 149 Å². The Morgan fingerprint density at radius 3 is 2.76 bits per heavy atom. The predicted molar refractivity (Wildman–Crippen MR) is 94.3 cm³/mol. The summed E-state index contributed by atoms with van der Waals surface area (Å²) in [7, 11) is 1.71. The summed E-state index contributed by atoms with van der Waals surface area (Å²) < 4.78 is 5.41. The molecule has 4 heteroatoms. The van der Waals surface area contributed by atoms with Gasteiger partial charge in [0.25, 0.3) is 0 Å². The topological polar surface area (TPSA) is 73.5 Å². The summed E-state index contributed by atoms with van der Waals surface area (Å²) in [6.07, 6.45) is 2.90. The van der Waals surface area contributed by atoms with Gasteiger partial charge in [-0.15, -0.1) is 0 Å². The van der Waals surface area contributed by atoms with E-state index in [0.717, 1.165) is 25.0 Å². The summed E-state index contributed by atoms with van der Waals surface area (Å²) >= 11 is 0. The molecule has 7 unspecified atom stereocenters. The van der Waals surface area contributed by atoms with Crippen molar-refractivity contribution in [2.75, 3.05) is 7.11 Å². The summed E-state index contributed by atoms with van der Waals surface area (Å²) in [5, 5.41) is 30.6. The van der Waals surface area contributed by atoms with Crippen LogP contribution in [0.15, 0.2) is 18.2 Å². The van der Waals surface area contributed by atoms with E-state index in [-0.39, 0.29) is 12.3 Å². The van der Waals surface area contributed by atoms with Gasteiger partial charge in [-0.05, 0) is 78.5 Å². The molecule has 0 saturated heterocycles. The number of hydrogen-bond acceptors (Lipinski definition) is 4. The fraction of sp³-hybridized carbons (Fsp3) is 0.667. The molecule has 1 aromatic rings. The van der Waals surface area contributed by atoms with Crippen molar-refractivity contribution in [2.45, 2.75) is 62.6 Å². The summed E-state index contributed by atoms with van der Waals surface area (Å²) in [6.45, 7) is 2.27. The number of methoxy groups -OCH3 is 1. The molecule has 0 amide bonds. The smallest absolute Gasteiger partial charge is 0.119 e. The monoisotopic (exact) mass is 341 g/mol. The Morgan fingerprint density at radius 2 is 2.04 bits per heavy atom. The molecule has 0 heterocycles. The zero-order chi connectivity index (χ0) is 17.8. The minimum atomic E-state index is -1.21. The number of fused-ring (bicyclic) bond motifs is 5. The number of nitrogens with zero attached hydrogens (tertiary/aromatic N) is 1. The number of aliphatic hydroxyl groups excluding tert-OH is 1. The molecule has 0 aromatic heterocycles. The van der Waals surface area contributed by atoms with Gasteiger partial charge in [-0.1, -0.05) is 13.0 Å². The van der Waals surface area contributed by atoms with E-state index in [1.807, 2.05) is 0 Å². The van der Waals surface area contributed by atoms with Gasteiger partial charge in [0, 0.05) is 0 Å². The fourth-order valence-electron chi connectivity index (χ4n) is 6.13. The van der Waals surface area contributed by atoms with Crippen LogP contribution in [-0.2, 0) is 0 Å². The average Bonchev–Trinajstić information content (AvgIpc) is 2.86. The highest BCUT2D eigenvalue weighted by Gasteiger charge is 2.58. The molecule has 2 fully saturated rings. The highest BCUT2D eigenvalue weighted by Crippen LogP contribution is 2.60. The molecule has 25 heavy (non-hydrogen) atoms. The van der Waals surface area contributed by atoms with Crippen LogP contribution in [0.4, 0.5) is 0 Å². The first-order valence-electron chi connectivity index (χ1n) is 9.44. The second kappa shape index (κ2) is 6.00. The highest BCUT2D eigenvalue weighted by atomic mass is 16.5. The zero-order valence-corrected chi connectivity index (χ0v) is 15.0. The van der Waals surface area contributed by atoms with E-state index in [0.29, 0.717) is 30.1 Å². The Balaban J connectivity index is 1.68. The van der Waals surface area contributed by atoms with E-state index in [4.69, 9.17) is 10.00 Å².